The molecule has 2 aliphatic heterocycles. The Balaban J connectivity index is 1.93. The summed E-state index contributed by atoms with van der Waals surface area (Å²) in [6.07, 6.45) is 2.01. The number of carbonyl (C=O) groups excluding carboxylic acids is 4. The Bertz CT molecular complexity index is 515. The van der Waals surface area contributed by atoms with Gasteiger partial charge in [-0.2, -0.15) is 0 Å². The summed E-state index contributed by atoms with van der Waals surface area (Å²) in [6, 6.07) is 0. The number of rotatable bonds is 1. The fourth-order valence-corrected chi connectivity index (χ4v) is 3.18. The van der Waals surface area contributed by atoms with Crippen LogP contribution in [0.3, 0.4) is 0 Å². The second-order valence-electron chi connectivity index (χ2n) is 5.19. The third-order valence-electron chi connectivity index (χ3n) is 4.04. The van der Waals surface area contributed by atoms with Gasteiger partial charge in [0.1, 0.15) is 5.92 Å². The lowest BCUT2D eigenvalue weighted by Crippen LogP contribution is -2.33. The average Bonchev–Trinajstić information content (AvgIpc) is 2.81. The van der Waals surface area contributed by atoms with E-state index in [1.165, 1.54) is 0 Å². The summed E-state index contributed by atoms with van der Waals surface area (Å²) in [7, 11) is 0. The second-order valence-corrected chi connectivity index (χ2v) is 5.19. The van der Waals surface area contributed by atoms with Crippen LogP contribution in [0.5, 0.6) is 0 Å². The number of hydrogen-bond donors (Lipinski definition) is 0. The quantitative estimate of drug-likeness (QED) is 0.376. The summed E-state index contributed by atoms with van der Waals surface area (Å²) in [5.41, 5.74) is 0.685. The minimum Gasteiger partial charge on any atom is -0.457 e. The topological polar surface area (TPSA) is 86.7 Å². The number of Topliss-reactive ketones (excluding diaryl/α,β-unsaturated/α-hetero) is 1. The van der Waals surface area contributed by atoms with Crippen LogP contribution < -0.4 is 0 Å². The summed E-state index contributed by atoms with van der Waals surface area (Å²) in [5, 5.41) is 0. The van der Waals surface area contributed by atoms with Crippen molar-refractivity contribution in [2.75, 3.05) is 6.61 Å². The van der Waals surface area contributed by atoms with Gasteiger partial charge in [0, 0.05) is 0 Å². The van der Waals surface area contributed by atoms with Crippen LogP contribution in [0.1, 0.15) is 13.3 Å². The molecule has 0 aromatic carbocycles. The first-order valence-electron chi connectivity index (χ1n) is 6.12. The van der Waals surface area contributed by atoms with Crippen molar-refractivity contribution in [1.29, 1.82) is 0 Å². The van der Waals surface area contributed by atoms with Gasteiger partial charge in [-0.05, 0) is 19.3 Å². The van der Waals surface area contributed by atoms with E-state index < -0.39 is 35.7 Å². The van der Waals surface area contributed by atoms with E-state index in [1.54, 1.807) is 13.0 Å². The zero-order chi connectivity index (χ0) is 13.7. The van der Waals surface area contributed by atoms with Crippen LogP contribution in [0.2, 0.25) is 0 Å². The van der Waals surface area contributed by atoms with Crippen molar-refractivity contribution < 1.29 is 28.7 Å². The molecule has 0 amide bonds. The lowest BCUT2D eigenvalue weighted by Gasteiger charge is -2.27. The zero-order valence-corrected chi connectivity index (χ0v) is 10.3. The molecular weight excluding hydrogens is 252 g/mol. The zero-order valence-electron chi connectivity index (χ0n) is 10.3. The lowest BCUT2D eigenvalue weighted by molar-refractivity contribution is -0.154. The Labute approximate surface area is 108 Å². The van der Waals surface area contributed by atoms with Crippen LogP contribution in [0.4, 0.5) is 0 Å². The van der Waals surface area contributed by atoms with E-state index in [4.69, 9.17) is 4.74 Å². The van der Waals surface area contributed by atoms with Gasteiger partial charge < -0.3 is 9.47 Å². The molecule has 0 aromatic rings. The monoisotopic (exact) mass is 264 g/mol. The number of allylic oxidation sites excluding steroid dienone is 1. The van der Waals surface area contributed by atoms with Crippen molar-refractivity contribution in [2.45, 2.75) is 13.3 Å². The fraction of sp³-hybridized carbons (Fsp3) is 0.538. The molecule has 6 nitrogen and oxygen atoms in total. The number of cyclic esters (lactones) is 3. The molecule has 0 bridgehead atoms. The Morgan fingerprint density at radius 2 is 1.79 bits per heavy atom. The van der Waals surface area contributed by atoms with Crippen molar-refractivity contribution in [2.24, 2.45) is 23.7 Å². The Kier molecular flexibility index (Phi) is 2.55. The van der Waals surface area contributed by atoms with Gasteiger partial charge in [0.2, 0.25) is 0 Å². The van der Waals surface area contributed by atoms with E-state index in [-0.39, 0.29) is 24.7 Å². The predicted molar refractivity (Wildman–Crippen MR) is 59.4 cm³/mol. The normalized spacial score (nSPS) is 37.8. The van der Waals surface area contributed by atoms with Gasteiger partial charge in [0.05, 0.1) is 11.8 Å². The van der Waals surface area contributed by atoms with Gasteiger partial charge in [-0.1, -0.05) is 11.6 Å². The minimum absolute atomic E-state index is 0.204. The standard InChI is InChI=1S/C13H12O6/c1-5-2-6(10-8(14)4-18-12(10)16)3-7-9(5)13(17)19-11(7)15/h2,6-7,9-10H,3-4H2,1H3. The maximum absolute atomic E-state index is 11.7. The SMILES string of the molecule is CC1=CC(C2C(=O)COC2=O)CC2C(=O)OC(=O)C12. The molecule has 100 valence electrons. The van der Waals surface area contributed by atoms with Gasteiger partial charge in [-0.15, -0.1) is 0 Å². The summed E-state index contributed by atoms with van der Waals surface area (Å²) >= 11 is 0. The Morgan fingerprint density at radius 3 is 2.42 bits per heavy atom. The van der Waals surface area contributed by atoms with Crippen LogP contribution in [-0.4, -0.2) is 30.3 Å². The highest BCUT2D eigenvalue weighted by molar-refractivity contribution is 6.05. The Morgan fingerprint density at radius 1 is 1.05 bits per heavy atom. The van der Waals surface area contributed by atoms with Crippen LogP contribution in [0, 0.1) is 23.7 Å². The highest BCUT2D eigenvalue weighted by atomic mass is 16.6. The van der Waals surface area contributed by atoms with E-state index in [2.05, 4.69) is 4.74 Å². The van der Waals surface area contributed by atoms with Crippen LogP contribution >= 0.6 is 0 Å². The molecule has 2 fully saturated rings. The van der Waals surface area contributed by atoms with Crippen molar-refractivity contribution in [3.8, 4) is 0 Å². The summed E-state index contributed by atoms with van der Waals surface area (Å²) in [5.74, 6) is -4.29. The van der Waals surface area contributed by atoms with E-state index in [0.717, 1.165) is 0 Å². The third kappa shape index (κ3) is 1.70. The smallest absolute Gasteiger partial charge is 0.321 e. The summed E-state index contributed by atoms with van der Waals surface area (Å²) < 4.78 is 9.35. The highest BCUT2D eigenvalue weighted by Crippen LogP contribution is 2.42. The van der Waals surface area contributed by atoms with Gasteiger partial charge in [-0.25, -0.2) is 0 Å². The maximum atomic E-state index is 11.7. The maximum Gasteiger partial charge on any atom is 0.321 e. The first-order valence-corrected chi connectivity index (χ1v) is 6.12. The predicted octanol–water partition coefficient (Wildman–Crippen LogP) is 0.0105. The van der Waals surface area contributed by atoms with Crippen LogP contribution in [0.25, 0.3) is 0 Å². The number of hydrogen-bond acceptors (Lipinski definition) is 6. The molecule has 4 atom stereocenters. The number of fused-ring (bicyclic) bond motifs is 1. The van der Waals surface area contributed by atoms with Crippen molar-refractivity contribution >= 4 is 23.7 Å². The van der Waals surface area contributed by atoms with E-state index in [9.17, 15) is 19.2 Å². The van der Waals surface area contributed by atoms with Crippen molar-refractivity contribution in [3.05, 3.63) is 11.6 Å². The number of ether oxygens (including phenoxy) is 2. The molecule has 1 aliphatic carbocycles. The number of ketones is 1. The molecule has 0 spiro atoms. The summed E-state index contributed by atoms with van der Waals surface area (Å²) in [6.45, 7) is 1.51. The van der Waals surface area contributed by atoms with E-state index in [1.807, 2.05) is 0 Å². The molecule has 3 rings (SSSR count). The molecule has 0 N–H and O–H groups in total. The molecule has 19 heavy (non-hydrogen) atoms. The molecule has 2 saturated heterocycles. The molecule has 6 heteroatoms. The van der Waals surface area contributed by atoms with Gasteiger partial charge in [-0.3, -0.25) is 19.2 Å². The second kappa shape index (κ2) is 4.01. The fourth-order valence-electron chi connectivity index (χ4n) is 3.18. The average molecular weight is 264 g/mol. The molecule has 0 saturated carbocycles. The van der Waals surface area contributed by atoms with Crippen molar-refractivity contribution in [3.63, 3.8) is 0 Å². The molecule has 0 aromatic heterocycles. The lowest BCUT2D eigenvalue weighted by atomic mass is 9.71. The van der Waals surface area contributed by atoms with E-state index >= 15 is 0 Å². The van der Waals surface area contributed by atoms with E-state index in [0.29, 0.717) is 5.57 Å². The van der Waals surface area contributed by atoms with Gasteiger partial charge >= 0.3 is 17.9 Å². The number of carbonyl (C=O) groups is 4. The van der Waals surface area contributed by atoms with Crippen molar-refractivity contribution in [1.82, 2.24) is 0 Å². The summed E-state index contributed by atoms with van der Waals surface area (Å²) in [4.78, 5) is 46.4. The molecule has 0 radical (unpaired) electrons. The van der Waals surface area contributed by atoms with Crippen LogP contribution in [0.15, 0.2) is 11.6 Å². The Hall–Kier alpha value is -1.98. The van der Waals surface area contributed by atoms with Crippen LogP contribution in [-0.2, 0) is 28.7 Å². The molecule has 2 heterocycles. The highest BCUT2D eigenvalue weighted by Gasteiger charge is 2.51. The molecular formula is C13H12O6. The third-order valence-corrected chi connectivity index (χ3v) is 4.04. The van der Waals surface area contributed by atoms with Gasteiger partial charge in [0.15, 0.2) is 12.4 Å². The largest absolute Gasteiger partial charge is 0.457 e. The first kappa shape index (κ1) is 12.1. The van der Waals surface area contributed by atoms with Gasteiger partial charge in [0.25, 0.3) is 0 Å². The minimum atomic E-state index is -0.848. The molecule has 3 aliphatic rings. The molecule has 4 unspecified atom stereocenters. The number of esters is 3. The first-order chi connectivity index (χ1) is 8.99.